The fraction of sp³-hybridized carbons (Fsp3) is 0.250. The Labute approximate surface area is 133 Å². The summed E-state index contributed by atoms with van der Waals surface area (Å²) in [5, 5.41) is 4.56. The molecule has 5 heteroatoms. The molecule has 0 saturated heterocycles. The molecule has 0 bridgehead atoms. The van der Waals surface area contributed by atoms with Crippen LogP contribution in [0.1, 0.15) is 24.3 Å². The topological polar surface area (TPSA) is 34.4 Å². The van der Waals surface area contributed by atoms with Crippen molar-refractivity contribution < 1.29 is 9.15 Å². The standard InChI is InChI=1S/C16H15Cl2NO2/c1-10(15-3-2-4-20-15)19-8-11-5-12-6-13(17)7-14(18)16(12)21-9-11/h2-7,10,19H,8-9H2,1H3/t10-/m0/s1. The molecule has 110 valence electrons. The molecule has 1 aromatic heterocycles. The first-order valence-corrected chi connectivity index (χ1v) is 7.47. The molecule has 0 fully saturated rings. The summed E-state index contributed by atoms with van der Waals surface area (Å²) in [6.07, 6.45) is 3.75. The van der Waals surface area contributed by atoms with Gasteiger partial charge in [0.1, 0.15) is 18.1 Å². The summed E-state index contributed by atoms with van der Waals surface area (Å²) < 4.78 is 11.1. The van der Waals surface area contributed by atoms with Crippen LogP contribution in [0.5, 0.6) is 5.75 Å². The van der Waals surface area contributed by atoms with Gasteiger partial charge in [-0.1, -0.05) is 23.2 Å². The van der Waals surface area contributed by atoms with Crippen molar-refractivity contribution in [2.75, 3.05) is 13.2 Å². The molecule has 0 amide bonds. The minimum Gasteiger partial charge on any atom is -0.487 e. The maximum Gasteiger partial charge on any atom is 0.145 e. The van der Waals surface area contributed by atoms with Gasteiger partial charge in [-0.3, -0.25) is 0 Å². The molecule has 0 aliphatic carbocycles. The van der Waals surface area contributed by atoms with Gasteiger partial charge >= 0.3 is 0 Å². The number of hydrogen-bond acceptors (Lipinski definition) is 3. The zero-order chi connectivity index (χ0) is 14.8. The first-order valence-electron chi connectivity index (χ1n) is 6.71. The number of benzene rings is 1. The van der Waals surface area contributed by atoms with E-state index >= 15 is 0 Å². The molecule has 3 nitrogen and oxygen atoms in total. The van der Waals surface area contributed by atoms with Crippen molar-refractivity contribution in [2.45, 2.75) is 13.0 Å². The fourth-order valence-electron chi connectivity index (χ4n) is 2.29. The van der Waals surface area contributed by atoms with Gasteiger partial charge in [0.25, 0.3) is 0 Å². The van der Waals surface area contributed by atoms with Crippen LogP contribution in [0.4, 0.5) is 0 Å². The van der Waals surface area contributed by atoms with Crippen molar-refractivity contribution in [1.29, 1.82) is 0 Å². The van der Waals surface area contributed by atoms with Gasteiger partial charge in [-0.2, -0.15) is 0 Å². The molecule has 0 unspecified atom stereocenters. The number of halogens is 2. The molecule has 1 N–H and O–H groups in total. The van der Waals surface area contributed by atoms with Crippen molar-refractivity contribution in [3.8, 4) is 5.75 Å². The van der Waals surface area contributed by atoms with E-state index in [0.717, 1.165) is 16.9 Å². The molecule has 2 heterocycles. The Balaban J connectivity index is 1.71. The van der Waals surface area contributed by atoms with Crippen LogP contribution in [-0.2, 0) is 0 Å². The summed E-state index contributed by atoms with van der Waals surface area (Å²) >= 11 is 12.2. The van der Waals surface area contributed by atoms with Crippen molar-refractivity contribution in [3.05, 3.63) is 57.5 Å². The van der Waals surface area contributed by atoms with Crippen LogP contribution in [0.25, 0.3) is 6.08 Å². The van der Waals surface area contributed by atoms with Crippen molar-refractivity contribution in [3.63, 3.8) is 0 Å². The summed E-state index contributed by atoms with van der Waals surface area (Å²) in [5.74, 6) is 1.61. The number of ether oxygens (including phenoxy) is 1. The van der Waals surface area contributed by atoms with Crippen LogP contribution >= 0.6 is 23.2 Å². The third-order valence-electron chi connectivity index (χ3n) is 3.40. The van der Waals surface area contributed by atoms with E-state index in [1.807, 2.05) is 18.2 Å². The predicted molar refractivity (Wildman–Crippen MR) is 85.1 cm³/mol. The Morgan fingerprint density at radius 3 is 2.95 bits per heavy atom. The van der Waals surface area contributed by atoms with Crippen molar-refractivity contribution in [2.24, 2.45) is 0 Å². The minimum atomic E-state index is 0.144. The SMILES string of the molecule is C[C@H](NCC1=Cc2cc(Cl)cc(Cl)c2OC1)c1ccco1. The monoisotopic (exact) mass is 323 g/mol. The van der Waals surface area contributed by atoms with Crippen molar-refractivity contribution in [1.82, 2.24) is 5.32 Å². The Hall–Kier alpha value is -1.42. The van der Waals surface area contributed by atoms with Crippen LogP contribution in [0, 0.1) is 0 Å². The Kier molecular flexibility index (Phi) is 4.24. The lowest BCUT2D eigenvalue weighted by molar-refractivity contribution is 0.340. The molecule has 1 aliphatic heterocycles. The van der Waals surface area contributed by atoms with Crippen LogP contribution in [0.3, 0.4) is 0 Å². The van der Waals surface area contributed by atoms with Gasteiger partial charge in [0.2, 0.25) is 0 Å². The molecule has 2 aromatic rings. The first kappa shape index (κ1) is 14.5. The van der Waals surface area contributed by atoms with E-state index in [2.05, 4.69) is 18.3 Å². The second-order valence-corrected chi connectivity index (χ2v) is 5.86. The van der Waals surface area contributed by atoms with E-state index in [4.69, 9.17) is 32.4 Å². The third kappa shape index (κ3) is 3.26. The number of fused-ring (bicyclic) bond motifs is 1. The van der Waals surface area contributed by atoms with Crippen LogP contribution in [0.2, 0.25) is 10.0 Å². The average Bonchev–Trinajstić information content (AvgIpc) is 2.98. The first-order chi connectivity index (χ1) is 10.1. The molecule has 0 saturated carbocycles. The van der Waals surface area contributed by atoms with Crippen molar-refractivity contribution >= 4 is 29.3 Å². The largest absolute Gasteiger partial charge is 0.487 e. The Morgan fingerprint density at radius 2 is 2.19 bits per heavy atom. The molecular weight excluding hydrogens is 309 g/mol. The number of nitrogens with one attached hydrogen (secondary N) is 1. The number of hydrogen-bond donors (Lipinski definition) is 1. The summed E-state index contributed by atoms with van der Waals surface area (Å²) in [5.41, 5.74) is 2.06. The highest BCUT2D eigenvalue weighted by Gasteiger charge is 2.16. The molecule has 0 spiro atoms. The van der Waals surface area contributed by atoms with Gasteiger partial charge in [-0.05, 0) is 42.8 Å². The molecular formula is C16H15Cl2NO2. The van der Waals surface area contributed by atoms with Crippen LogP contribution in [0.15, 0.2) is 40.5 Å². The highest BCUT2D eigenvalue weighted by atomic mass is 35.5. The summed E-state index contributed by atoms with van der Waals surface area (Å²) in [7, 11) is 0. The lowest BCUT2D eigenvalue weighted by Gasteiger charge is -2.21. The molecule has 3 rings (SSSR count). The summed E-state index contributed by atoms with van der Waals surface area (Å²) in [6.45, 7) is 3.29. The maximum atomic E-state index is 6.12. The summed E-state index contributed by atoms with van der Waals surface area (Å²) in [4.78, 5) is 0. The second kappa shape index (κ2) is 6.14. The quantitative estimate of drug-likeness (QED) is 0.884. The van der Waals surface area contributed by atoms with E-state index in [9.17, 15) is 0 Å². The van der Waals surface area contributed by atoms with Gasteiger partial charge in [-0.15, -0.1) is 0 Å². The second-order valence-electron chi connectivity index (χ2n) is 5.02. The number of furan rings is 1. The smallest absolute Gasteiger partial charge is 0.145 e. The van der Waals surface area contributed by atoms with Crippen LogP contribution < -0.4 is 10.1 Å². The zero-order valence-corrected chi connectivity index (χ0v) is 13.0. The van der Waals surface area contributed by atoms with Gasteiger partial charge in [0, 0.05) is 17.1 Å². The van der Waals surface area contributed by atoms with Gasteiger partial charge in [0.05, 0.1) is 17.3 Å². The van der Waals surface area contributed by atoms with Gasteiger partial charge in [-0.25, -0.2) is 0 Å². The lowest BCUT2D eigenvalue weighted by atomic mass is 10.1. The molecule has 1 aliphatic rings. The molecule has 21 heavy (non-hydrogen) atoms. The third-order valence-corrected chi connectivity index (χ3v) is 3.90. The molecule has 0 radical (unpaired) electrons. The number of rotatable bonds is 4. The predicted octanol–water partition coefficient (Wildman–Crippen LogP) is 4.71. The normalized spacial score (nSPS) is 15.1. The molecule has 1 aromatic carbocycles. The fourth-order valence-corrected chi connectivity index (χ4v) is 2.85. The van der Waals surface area contributed by atoms with Crippen LogP contribution in [-0.4, -0.2) is 13.2 Å². The summed E-state index contributed by atoms with van der Waals surface area (Å²) in [6, 6.07) is 7.54. The highest BCUT2D eigenvalue weighted by molar-refractivity contribution is 6.36. The van der Waals surface area contributed by atoms with E-state index in [-0.39, 0.29) is 6.04 Å². The van der Waals surface area contributed by atoms with Gasteiger partial charge < -0.3 is 14.5 Å². The lowest BCUT2D eigenvalue weighted by Crippen LogP contribution is -2.24. The Bertz CT molecular complexity index is 665. The molecule has 1 atom stereocenters. The van der Waals surface area contributed by atoms with E-state index in [1.54, 1.807) is 12.3 Å². The van der Waals surface area contributed by atoms with Gasteiger partial charge in [0.15, 0.2) is 0 Å². The highest BCUT2D eigenvalue weighted by Crippen LogP contribution is 2.36. The average molecular weight is 324 g/mol. The zero-order valence-electron chi connectivity index (χ0n) is 11.5. The Morgan fingerprint density at radius 1 is 1.33 bits per heavy atom. The van der Waals surface area contributed by atoms with E-state index in [0.29, 0.717) is 28.9 Å². The maximum absolute atomic E-state index is 6.12. The van der Waals surface area contributed by atoms with E-state index < -0.39 is 0 Å². The van der Waals surface area contributed by atoms with E-state index in [1.165, 1.54) is 0 Å². The minimum absolute atomic E-state index is 0.144.